The summed E-state index contributed by atoms with van der Waals surface area (Å²) in [5, 5.41) is 0. The molecular formula is C8H12N2O3S. The van der Waals surface area contributed by atoms with Crippen LogP contribution >= 0.6 is 0 Å². The van der Waals surface area contributed by atoms with E-state index in [1.54, 1.807) is 0 Å². The Kier molecular flexibility index (Phi) is 2.22. The standard InChI is InChI=1S/C8H12N2O3S/c9-8-10-4-7(13-8)6-2-1-3-14(11,12)5-6/h4,6H,1-3,5H2,(H2,9,10). The second kappa shape index (κ2) is 3.27. The van der Waals surface area contributed by atoms with Crippen LogP contribution in [0.15, 0.2) is 10.6 Å². The fraction of sp³-hybridized carbons (Fsp3) is 0.625. The van der Waals surface area contributed by atoms with Gasteiger partial charge in [-0.1, -0.05) is 0 Å². The van der Waals surface area contributed by atoms with Crippen LogP contribution in [-0.4, -0.2) is 24.9 Å². The molecule has 1 aliphatic rings. The van der Waals surface area contributed by atoms with Gasteiger partial charge in [-0.05, 0) is 12.8 Å². The minimum absolute atomic E-state index is 0.0708. The summed E-state index contributed by atoms with van der Waals surface area (Å²) in [6.45, 7) is 0. The number of nitrogens with zero attached hydrogens (tertiary/aromatic N) is 1. The molecule has 1 aromatic rings. The van der Waals surface area contributed by atoms with E-state index in [2.05, 4.69) is 4.98 Å². The van der Waals surface area contributed by atoms with Gasteiger partial charge in [-0.25, -0.2) is 13.4 Å². The molecule has 1 aliphatic heterocycles. The van der Waals surface area contributed by atoms with Crippen LogP contribution in [0.2, 0.25) is 0 Å². The van der Waals surface area contributed by atoms with Crippen LogP contribution < -0.4 is 5.73 Å². The van der Waals surface area contributed by atoms with Crippen molar-refractivity contribution in [2.75, 3.05) is 17.2 Å². The first-order valence-electron chi connectivity index (χ1n) is 4.48. The van der Waals surface area contributed by atoms with Crippen molar-refractivity contribution in [3.05, 3.63) is 12.0 Å². The number of aromatic nitrogens is 1. The summed E-state index contributed by atoms with van der Waals surface area (Å²) >= 11 is 0. The topological polar surface area (TPSA) is 86.2 Å². The van der Waals surface area contributed by atoms with Crippen molar-refractivity contribution < 1.29 is 12.8 Å². The van der Waals surface area contributed by atoms with Crippen molar-refractivity contribution in [2.24, 2.45) is 0 Å². The van der Waals surface area contributed by atoms with Gasteiger partial charge < -0.3 is 10.2 Å². The maximum atomic E-state index is 11.3. The smallest absolute Gasteiger partial charge is 0.292 e. The average Bonchev–Trinajstić information content (AvgIpc) is 2.50. The third-order valence-corrected chi connectivity index (χ3v) is 4.23. The first-order chi connectivity index (χ1) is 6.57. The Balaban J connectivity index is 2.20. The summed E-state index contributed by atoms with van der Waals surface area (Å²) in [5.41, 5.74) is 5.33. The molecule has 1 fully saturated rings. The van der Waals surface area contributed by atoms with E-state index in [9.17, 15) is 8.42 Å². The van der Waals surface area contributed by atoms with Gasteiger partial charge in [0.2, 0.25) is 0 Å². The Labute approximate surface area is 82.2 Å². The predicted octanol–water partition coefficient (Wildman–Crippen LogP) is 0.549. The molecule has 0 spiro atoms. The highest BCUT2D eigenvalue weighted by atomic mass is 32.2. The molecule has 0 saturated carbocycles. The predicted molar refractivity (Wildman–Crippen MR) is 51.5 cm³/mol. The van der Waals surface area contributed by atoms with Crippen LogP contribution in [0.3, 0.4) is 0 Å². The van der Waals surface area contributed by atoms with E-state index in [4.69, 9.17) is 10.2 Å². The zero-order chi connectivity index (χ0) is 10.2. The minimum Gasteiger partial charge on any atom is -0.429 e. The van der Waals surface area contributed by atoms with E-state index in [-0.39, 0.29) is 23.4 Å². The maximum Gasteiger partial charge on any atom is 0.292 e. The fourth-order valence-corrected chi connectivity index (χ4v) is 3.45. The summed E-state index contributed by atoms with van der Waals surface area (Å²) in [7, 11) is -2.90. The molecule has 0 bridgehead atoms. The molecule has 1 saturated heterocycles. The van der Waals surface area contributed by atoms with E-state index in [0.29, 0.717) is 12.2 Å². The highest BCUT2D eigenvalue weighted by Crippen LogP contribution is 2.28. The van der Waals surface area contributed by atoms with Gasteiger partial charge in [0.15, 0.2) is 9.84 Å². The highest BCUT2D eigenvalue weighted by Gasteiger charge is 2.28. The Morgan fingerprint density at radius 3 is 2.93 bits per heavy atom. The summed E-state index contributed by atoms with van der Waals surface area (Å²) in [6.07, 6.45) is 3.03. The van der Waals surface area contributed by atoms with Crippen molar-refractivity contribution in [3.63, 3.8) is 0 Å². The van der Waals surface area contributed by atoms with Gasteiger partial charge >= 0.3 is 0 Å². The van der Waals surface area contributed by atoms with Gasteiger partial charge in [0.05, 0.1) is 17.7 Å². The Bertz CT molecular complexity index is 424. The lowest BCUT2D eigenvalue weighted by Crippen LogP contribution is -2.23. The lowest BCUT2D eigenvalue weighted by Gasteiger charge is -2.19. The third-order valence-electron chi connectivity index (χ3n) is 2.41. The van der Waals surface area contributed by atoms with E-state index >= 15 is 0 Å². The molecular weight excluding hydrogens is 204 g/mol. The molecule has 2 rings (SSSR count). The molecule has 0 radical (unpaired) electrons. The molecule has 78 valence electrons. The zero-order valence-electron chi connectivity index (χ0n) is 7.64. The van der Waals surface area contributed by atoms with Crippen LogP contribution in [0, 0.1) is 0 Å². The molecule has 0 amide bonds. The number of anilines is 1. The number of oxazole rings is 1. The SMILES string of the molecule is Nc1ncc(C2CCCS(=O)(=O)C2)o1. The van der Waals surface area contributed by atoms with E-state index < -0.39 is 9.84 Å². The fourth-order valence-electron chi connectivity index (χ4n) is 1.74. The van der Waals surface area contributed by atoms with Crippen molar-refractivity contribution in [1.82, 2.24) is 4.98 Å². The van der Waals surface area contributed by atoms with E-state index in [0.717, 1.165) is 6.42 Å². The molecule has 0 aromatic carbocycles. The molecule has 1 atom stereocenters. The lowest BCUT2D eigenvalue weighted by atomic mass is 10.0. The van der Waals surface area contributed by atoms with Crippen molar-refractivity contribution in [1.29, 1.82) is 0 Å². The number of hydrogen-bond donors (Lipinski definition) is 1. The monoisotopic (exact) mass is 216 g/mol. The average molecular weight is 216 g/mol. The van der Waals surface area contributed by atoms with Gasteiger partial charge in [-0.15, -0.1) is 0 Å². The van der Waals surface area contributed by atoms with Crippen molar-refractivity contribution in [3.8, 4) is 0 Å². The molecule has 1 aromatic heterocycles. The summed E-state index contributed by atoms with van der Waals surface area (Å²) in [5.74, 6) is 0.957. The van der Waals surface area contributed by atoms with E-state index in [1.807, 2.05) is 0 Å². The van der Waals surface area contributed by atoms with Crippen LogP contribution in [0.1, 0.15) is 24.5 Å². The normalized spacial score (nSPS) is 26.1. The Hall–Kier alpha value is -1.04. The second-order valence-corrected chi connectivity index (χ2v) is 5.78. The summed E-state index contributed by atoms with van der Waals surface area (Å²) in [6, 6.07) is 0.1000. The molecule has 14 heavy (non-hydrogen) atoms. The molecule has 2 heterocycles. The van der Waals surface area contributed by atoms with Gasteiger partial charge in [0.1, 0.15) is 5.76 Å². The van der Waals surface area contributed by atoms with Gasteiger partial charge in [-0.3, -0.25) is 0 Å². The first-order valence-corrected chi connectivity index (χ1v) is 6.30. The highest BCUT2D eigenvalue weighted by molar-refractivity contribution is 7.91. The van der Waals surface area contributed by atoms with Gasteiger partial charge in [0.25, 0.3) is 6.01 Å². The molecule has 6 heteroatoms. The van der Waals surface area contributed by atoms with Crippen LogP contribution in [0.25, 0.3) is 0 Å². The molecule has 1 unspecified atom stereocenters. The molecule has 5 nitrogen and oxygen atoms in total. The third kappa shape index (κ3) is 1.89. The van der Waals surface area contributed by atoms with E-state index in [1.165, 1.54) is 6.20 Å². The van der Waals surface area contributed by atoms with Gasteiger partial charge in [-0.2, -0.15) is 0 Å². The quantitative estimate of drug-likeness (QED) is 0.740. The Morgan fingerprint density at radius 2 is 2.36 bits per heavy atom. The maximum absolute atomic E-state index is 11.3. The number of rotatable bonds is 1. The second-order valence-electron chi connectivity index (χ2n) is 3.55. The van der Waals surface area contributed by atoms with Gasteiger partial charge in [0, 0.05) is 5.92 Å². The van der Waals surface area contributed by atoms with Crippen molar-refractivity contribution in [2.45, 2.75) is 18.8 Å². The number of nitrogens with two attached hydrogens (primary N) is 1. The minimum atomic E-state index is -2.90. The number of sulfone groups is 1. The number of hydrogen-bond acceptors (Lipinski definition) is 5. The molecule has 2 N–H and O–H groups in total. The Morgan fingerprint density at radius 1 is 1.57 bits per heavy atom. The number of nitrogen functional groups attached to an aromatic ring is 1. The zero-order valence-corrected chi connectivity index (χ0v) is 8.46. The summed E-state index contributed by atoms with van der Waals surface area (Å²) in [4.78, 5) is 3.76. The molecule has 0 aliphatic carbocycles. The first kappa shape index (κ1) is 9.51. The van der Waals surface area contributed by atoms with Crippen LogP contribution in [-0.2, 0) is 9.84 Å². The largest absolute Gasteiger partial charge is 0.429 e. The lowest BCUT2D eigenvalue weighted by molar-refractivity contribution is 0.458. The van der Waals surface area contributed by atoms with Crippen molar-refractivity contribution >= 4 is 15.9 Å². The summed E-state index contributed by atoms with van der Waals surface area (Å²) < 4.78 is 27.8. The van der Waals surface area contributed by atoms with Crippen LogP contribution in [0.5, 0.6) is 0 Å². The van der Waals surface area contributed by atoms with Crippen LogP contribution in [0.4, 0.5) is 6.01 Å².